The van der Waals surface area contributed by atoms with Crippen LogP contribution in [0.2, 0.25) is 0 Å². The van der Waals surface area contributed by atoms with Crippen molar-refractivity contribution in [3.05, 3.63) is 58.9 Å². The molecule has 1 heterocycles. The fraction of sp³-hybridized carbons (Fsp3) is 0.278. The average Bonchev–Trinajstić information content (AvgIpc) is 2.56. The molecular weight excluding hydrogens is 290 g/mol. The Morgan fingerprint density at radius 1 is 1.35 bits per heavy atom. The van der Waals surface area contributed by atoms with E-state index >= 15 is 0 Å². The van der Waals surface area contributed by atoms with Crippen LogP contribution in [-0.4, -0.2) is 24.2 Å². The van der Waals surface area contributed by atoms with Crippen LogP contribution >= 0.6 is 0 Å². The summed E-state index contributed by atoms with van der Waals surface area (Å²) in [7, 11) is 1.67. The van der Waals surface area contributed by atoms with Crippen molar-refractivity contribution in [2.45, 2.75) is 26.7 Å². The largest absolute Gasteiger partial charge is 0.496 e. The summed E-state index contributed by atoms with van der Waals surface area (Å²) >= 11 is 0. The average molecular weight is 311 g/mol. The van der Waals surface area contributed by atoms with Crippen LogP contribution in [0.5, 0.6) is 5.75 Å². The van der Waals surface area contributed by atoms with E-state index in [-0.39, 0.29) is 5.91 Å². The monoisotopic (exact) mass is 311 g/mol. The van der Waals surface area contributed by atoms with Crippen molar-refractivity contribution in [3.8, 4) is 5.75 Å². The second-order valence-corrected chi connectivity index (χ2v) is 5.52. The number of hydrazone groups is 1. The van der Waals surface area contributed by atoms with Gasteiger partial charge in [0.2, 0.25) is 0 Å². The highest BCUT2D eigenvalue weighted by molar-refractivity contribution is 5.93. The van der Waals surface area contributed by atoms with Gasteiger partial charge in [0, 0.05) is 6.20 Å². The van der Waals surface area contributed by atoms with E-state index in [2.05, 4.69) is 29.4 Å². The van der Waals surface area contributed by atoms with Crippen molar-refractivity contribution in [2.75, 3.05) is 7.11 Å². The molecule has 0 saturated carbocycles. The number of pyridine rings is 1. The molecule has 1 aromatic carbocycles. The molecule has 23 heavy (non-hydrogen) atoms. The third-order valence-corrected chi connectivity index (χ3v) is 3.51. The van der Waals surface area contributed by atoms with Gasteiger partial charge >= 0.3 is 0 Å². The van der Waals surface area contributed by atoms with E-state index in [1.54, 1.807) is 37.7 Å². The number of benzene rings is 1. The molecule has 2 rings (SSSR count). The summed E-state index contributed by atoms with van der Waals surface area (Å²) in [6.45, 7) is 6.20. The maximum atomic E-state index is 11.9. The van der Waals surface area contributed by atoms with E-state index in [0.29, 0.717) is 11.6 Å². The molecule has 0 aliphatic heterocycles. The molecule has 0 radical (unpaired) electrons. The zero-order valence-corrected chi connectivity index (χ0v) is 13.8. The van der Waals surface area contributed by atoms with E-state index in [4.69, 9.17) is 4.74 Å². The maximum Gasteiger partial charge on any atom is 0.289 e. The van der Waals surface area contributed by atoms with Crippen molar-refractivity contribution in [2.24, 2.45) is 5.10 Å². The molecule has 120 valence electrons. The SMILES string of the molecule is COc1cc(C)c(/C=N\NC(=O)c2ccccn2)cc1C(C)C. The first-order chi connectivity index (χ1) is 11.0. The van der Waals surface area contributed by atoms with Gasteiger partial charge in [-0.1, -0.05) is 19.9 Å². The fourth-order valence-electron chi connectivity index (χ4n) is 2.20. The first-order valence-corrected chi connectivity index (χ1v) is 7.46. The smallest absolute Gasteiger partial charge is 0.289 e. The number of carbonyl (C=O) groups excluding carboxylic acids is 1. The lowest BCUT2D eigenvalue weighted by Gasteiger charge is -2.14. The zero-order valence-electron chi connectivity index (χ0n) is 13.8. The van der Waals surface area contributed by atoms with Gasteiger partial charge in [0.15, 0.2) is 0 Å². The Morgan fingerprint density at radius 2 is 2.13 bits per heavy atom. The van der Waals surface area contributed by atoms with Crippen LogP contribution in [-0.2, 0) is 0 Å². The lowest BCUT2D eigenvalue weighted by molar-refractivity contribution is 0.0950. The third-order valence-electron chi connectivity index (χ3n) is 3.51. The summed E-state index contributed by atoms with van der Waals surface area (Å²) in [5.41, 5.74) is 5.90. The van der Waals surface area contributed by atoms with E-state index in [1.807, 2.05) is 19.1 Å². The molecule has 0 spiro atoms. The molecular formula is C18H21N3O2. The zero-order chi connectivity index (χ0) is 16.8. The second-order valence-electron chi connectivity index (χ2n) is 5.52. The van der Waals surface area contributed by atoms with Crippen LogP contribution in [0.1, 0.15) is 46.9 Å². The summed E-state index contributed by atoms with van der Waals surface area (Å²) < 4.78 is 5.42. The summed E-state index contributed by atoms with van der Waals surface area (Å²) in [5.74, 6) is 0.866. The van der Waals surface area contributed by atoms with E-state index in [9.17, 15) is 4.79 Å². The third kappa shape index (κ3) is 4.16. The Hall–Kier alpha value is -2.69. The highest BCUT2D eigenvalue weighted by Crippen LogP contribution is 2.28. The van der Waals surface area contributed by atoms with Crippen molar-refractivity contribution in [1.82, 2.24) is 10.4 Å². The number of aryl methyl sites for hydroxylation is 1. The highest BCUT2D eigenvalue weighted by atomic mass is 16.5. The van der Waals surface area contributed by atoms with Crippen LogP contribution in [0.15, 0.2) is 41.6 Å². The molecule has 0 atom stereocenters. The second kappa shape index (κ2) is 7.54. The Kier molecular flexibility index (Phi) is 5.46. The molecule has 0 saturated heterocycles. The molecule has 0 unspecified atom stereocenters. The lowest BCUT2D eigenvalue weighted by atomic mass is 9.97. The summed E-state index contributed by atoms with van der Waals surface area (Å²) in [5, 5.41) is 4.03. The standard InChI is InChI=1S/C18H21N3O2/c1-12(2)15-10-14(13(3)9-17(15)23-4)11-20-21-18(22)16-7-5-6-8-19-16/h5-12H,1-4H3,(H,21,22)/b20-11-. The minimum absolute atomic E-state index is 0.332. The van der Waals surface area contributed by atoms with E-state index in [1.165, 1.54) is 0 Å². The Labute approximate surface area is 136 Å². The fourth-order valence-corrected chi connectivity index (χ4v) is 2.20. The van der Waals surface area contributed by atoms with Crippen LogP contribution in [0, 0.1) is 6.92 Å². The normalized spacial score (nSPS) is 11.0. The van der Waals surface area contributed by atoms with Gasteiger partial charge < -0.3 is 4.74 Å². The van der Waals surface area contributed by atoms with Gasteiger partial charge in [-0.2, -0.15) is 5.10 Å². The first kappa shape index (κ1) is 16.7. The number of hydrogen-bond acceptors (Lipinski definition) is 4. The van der Waals surface area contributed by atoms with E-state index in [0.717, 1.165) is 22.4 Å². The van der Waals surface area contributed by atoms with Gasteiger partial charge in [-0.3, -0.25) is 9.78 Å². The molecule has 5 nitrogen and oxygen atoms in total. The van der Waals surface area contributed by atoms with Gasteiger partial charge in [-0.15, -0.1) is 0 Å². The number of aromatic nitrogens is 1. The van der Waals surface area contributed by atoms with Gasteiger partial charge in [0.05, 0.1) is 13.3 Å². The van der Waals surface area contributed by atoms with Gasteiger partial charge in [0.1, 0.15) is 11.4 Å². The number of nitrogens with one attached hydrogen (secondary N) is 1. The van der Waals surface area contributed by atoms with Gasteiger partial charge in [-0.05, 0) is 53.8 Å². The van der Waals surface area contributed by atoms with Crippen LogP contribution < -0.4 is 10.2 Å². The number of methoxy groups -OCH3 is 1. The number of nitrogens with zero attached hydrogens (tertiary/aromatic N) is 2. The summed E-state index contributed by atoms with van der Waals surface area (Å²) in [6.07, 6.45) is 3.21. The maximum absolute atomic E-state index is 11.9. The van der Waals surface area contributed by atoms with Crippen LogP contribution in [0.3, 0.4) is 0 Å². The molecule has 0 fully saturated rings. The Bertz CT molecular complexity index is 710. The first-order valence-electron chi connectivity index (χ1n) is 7.46. The summed E-state index contributed by atoms with van der Waals surface area (Å²) in [6, 6.07) is 9.18. The minimum atomic E-state index is -0.336. The lowest BCUT2D eigenvalue weighted by Crippen LogP contribution is -2.18. The number of carbonyl (C=O) groups is 1. The molecule has 0 bridgehead atoms. The summed E-state index contributed by atoms with van der Waals surface area (Å²) in [4.78, 5) is 15.9. The molecule has 5 heteroatoms. The Balaban J connectivity index is 2.16. The number of rotatable bonds is 5. The van der Waals surface area contributed by atoms with E-state index < -0.39 is 0 Å². The predicted octanol–water partition coefficient (Wildman–Crippen LogP) is 3.29. The number of ether oxygens (including phenoxy) is 1. The topological polar surface area (TPSA) is 63.6 Å². The molecule has 1 aromatic heterocycles. The number of amides is 1. The molecule has 0 aliphatic carbocycles. The molecule has 1 amide bonds. The van der Waals surface area contributed by atoms with Crippen molar-refractivity contribution in [1.29, 1.82) is 0 Å². The van der Waals surface area contributed by atoms with Crippen molar-refractivity contribution in [3.63, 3.8) is 0 Å². The number of hydrogen-bond donors (Lipinski definition) is 1. The predicted molar refractivity (Wildman–Crippen MR) is 91.1 cm³/mol. The molecule has 0 aliphatic rings. The van der Waals surface area contributed by atoms with Gasteiger partial charge in [-0.25, -0.2) is 5.43 Å². The minimum Gasteiger partial charge on any atom is -0.496 e. The Morgan fingerprint density at radius 3 is 2.74 bits per heavy atom. The quantitative estimate of drug-likeness (QED) is 0.681. The van der Waals surface area contributed by atoms with Crippen molar-refractivity contribution >= 4 is 12.1 Å². The van der Waals surface area contributed by atoms with Crippen LogP contribution in [0.25, 0.3) is 0 Å². The highest BCUT2D eigenvalue weighted by Gasteiger charge is 2.10. The van der Waals surface area contributed by atoms with Crippen LogP contribution in [0.4, 0.5) is 0 Å². The molecule has 1 N–H and O–H groups in total. The molecule has 2 aromatic rings. The van der Waals surface area contributed by atoms with Gasteiger partial charge in [0.25, 0.3) is 5.91 Å². The van der Waals surface area contributed by atoms with Crippen molar-refractivity contribution < 1.29 is 9.53 Å².